The summed E-state index contributed by atoms with van der Waals surface area (Å²) in [6.07, 6.45) is 1.86. The lowest BCUT2D eigenvalue weighted by atomic mass is 9.82. The van der Waals surface area contributed by atoms with Crippen LogP contribution < -0.4 is 15.0 Å². The zero-order chi connectivity index (χ0) is 20.2. The SMILES string of the molecule is COc1ccc2[nH]c3c(c2c1)CCNC31C(=O)N(CCC(C)C)c2ccccc21. The average Bonchev–Trinajstić information content (AvgIpc) is 3.22. The Morgan fingerprint density at radius 3 is 2.83 bits per heavy atom. The molecule has 0 saturated heterocycles. The molecule has 1 spiro atoms. The lowest BCUT2D eigenvalue weighted by molar-refractivity contribution is -0.123. The van der Waals surface area contributed by atoms with Crippen molar-refractivity contribution in [3.05, 3.63) is 59.3 Å². The van der Waals surface area contributed by atoms with E-state index in [4.69, 9.17) is 4.74 Å². The minimum atomic E-state index is -0.840. The van der Waals surface area contributed by atoms with Crippen LogP contribution in [0.3, 0.4) is 0 Å². The molecule has 2 N–H and O–H groups in total. The molecular formula is C24H27N3O2. The van der Waals surface area contributed by atoms with Gasteiger partial charge in [0.1, 0.15) is 5.75 Å². The second-order valence-electron chi connectivity index (χ2n) is 8.47. The molecule has 1 unspecified atom stereocenters. The smallest absolute Gasteiger partial charge is 0.258 e. The summed E-state index contributed by atoms with van der Waals surface area (Å²) < 4.78 is 5.44. The molecule has 0 aliphatic carbocycles. The number of anilines is 1. The normalized spacial score (nSPS) is 20.6. The number of carbonyl (C=O) groups is 1. The number of methoxy groups -OCH3 is 1. The van der Waals surface area contributed by atoms with Crippen molar-refractivity contribution >= 4 is 22.5 Å². The number of hydrogen-bond acceptors (Lipinski definition) is 3. The van der Waals surface area contributed by atoms with E-state index in [1.165, 1.54) is 5.56 Å². The molecule has 29 heavy (non-hydrogen) atoms. The van der Waals surface area contributed by atoms with Crippen LogP contribution in [0.15, 0.2) is 42.5 Å². The van der Waals surface area contributed by atoms with Gasteiger partial charge in [0.15, 0.2) is 5.54 Å². The van der Waals surface area contributed by atoms with E-state index in [-0.39, 0.29) is 5.91 Å². The number of H-pyrrole nitrogens is 1. The van der Waals surface area contributed by atoms with E-state index in [0.717, 1.165) is 59.5 Å². The Balaban J connectivity index is 1.71. The molecule has 3 heterocycles. The Kier molecular flexibility index (Phi) is 4.17. The Bertz CT molecular complexity index is 1100. The highest BCUT2D eigenvalue weighted by Gasteiger charge is 2.55. The maximum absolute atomic E-state index is 13.9. The van der Waals surface area contributed by atoms with E-state index in [1.54, 1.807) is 7.11 Å². The quantitative estimate of drug-likeness (QED) is 0.710. The van der Waals surface area contributed by atoms with E-state index in [0.29, 0.717) is 5.92 Å². The minimum absolute atomic E-state index is 0.124. The van der Waals surface area contributed by atoms with Crippen LogP contribution in [0.1, 0.15) is 37.1 Å². The number of rotatable bonds is 4. The minimum Gasteiger partial charge on any atom is -0.497 e. The zero-order valence-electron chi connectivity index (χ0n) is 17.2. The number of ether oxygens (including phenoxy) is 1. The summed E-state index contributed by atoms with van der Waals surface area (Å²) >= 11 is 0. The van der Waals surface area contributed by atoms with Crippen molar-refractivity contribution < 1.29 is 9.53 Å². The largest absolute Gasteiger partial charge is 0.497 e. The Labute approximate surface area is 171 Å². The molecule has 1 aromatic heterocycles. The predicted octanol–water partition coefficient (Wildman–Crippen LogP) is 3.96. The maximum atomic E-state index is 13.9. The molecule has 5 rings (SSSR count). The van der Waals surface area contributed by atoms with Gasteiger partial charge < -0.3 is 14.6 Å². The van der Waals surface area contributed by atoms with Crippen molar-refractivity contribution in [2.45, 2.75) is 32.2 Å². The van der Waals surface area contributed by atoms with E-state index < -0.39 is 5.54 Å². The fraction of sp³-hybridized carbons (Fsp3) is 0.375. The Morgan fingerprint density at radius 1 is 1.21 bits per heavy atom. The van der Waals surface area contributed by atoms with Gasteiger partial charge in [0.2, 0.25) is 0 Å². The van der Waals surface area contributed by atoms with Crippen LogP contribution in [-0.4, -0.2) is 31.1 Å². The van der Waals surface area contributed by atoms with Crippen molar-refractivity contribution in [1.82, 2.24) is 10.3 Å². The summed E-state index contributed by atoms with van der Waals surface area (Å²) in [7, 11) is 1.69. The highest BCUT2D eigenvalue weighted by molar-refractivity contribution is 6.11. The van der Waals surface area contributed by atoms with Gasteiger partial charge in [0.25, 0.3) is 5.91 Å². The number of nitrogens with one attached hydrogen (secondary N) is 2. The van der Waals surface area contributed by atoms with Crippen molar-refractivity contribution in [3.8, 4) is 5.75 Å². The van der Waals surface area contributed by atoms with Gasteiger partial charge in [-0.3, -0.25) is 10.1 Å². The van der Waals surface area contributed by atoms with Crippen molar-refractivity contribution in [2.75, 3.05) is 25.1 Å². The van der Waals surface area contributed by atoms with Gasteiger partial charge in [-0.05, 0) is 48.6 Å². The first-order valence-corrected chi connectivity index (χ1v) is 10.4. The summed E-state index contributed by atoms with van der Waals surface area (Å²) in [5, 5.41) is 4.75. The molecular weight excluding hydrogens is 362 g/mol. The van der Waals surface area contributed by atoms with Crippen LogP contribution in [-0.2, 0) is 16.8 Å². The fourth-order valence-corrected chi connectivity index (χ4v) is 4.87. The number of amides is 1. The molecule has 0 radical (unpaired) electrons. The number of aromatic amines is 1. The van der Waals surface area contributed by atoms with E-state index >= 15 is 0 Å². The number of nitrogens with zero attached hydrogens (tertiary/aromatic N) is 1. The predicted molar refractivity (Wildman–Crippen MR) is 116 cm³/mol. The Morgan fingerprint density at radius 2 is 2.03 bits per heavy atom. The number of fused-ring (bicyclic) bond motifs is 6. The third kappa shape index (κ3) is 2.53. The highest BCUT2D eigenvalue weighted by atomic mass is 16.5. The van der Waals surface area contributed by atoms with Gasteiger partial charge in [-0.2, -0.15) is 0 Å². The van der Waals surface area contributed by atoms with Crippen LogP contribution in [0, 0.1) is 5.92 Å². The topological polar surface area (TPSA) is 57.4 Å². The number of aromatic nitrogens is 1. The third-order valence-electron chi connectivity index (χ3n) is 6.35. The van der Waals surface area contributed by atoms with Gasteiger partial charge in [0.05, 0.1) is 12.8 Å². The molecule has 5 nitrogen and oxygen atoms in total. The second kappa shape index (κ2) is 6.63. The van der Waals surface area contributed by atoms with E-state index in [2.05, 4.69) is 42.3 Å². The van der Waals surface area contributed by atoms with Crippen LogP contribution >= 0.6 is 0 Å². The van der Waals surface area contributed by atoms with Crippen LogP contribution in [0.25, 0.3) is 10.9 Å². The first kappa shape index (κ1) is 18.3. The van der Waals surface area contributed by atoms with E-state index in [1.807, 2.05) is 29.2 Å². The second-order valence-corrected chi connectivity index (χ2v) is 8.47. The molecule has 2 aliphatic rings. The zero-order valence-corrected chi connectivity index (χ0v) is 17.2. The van der Waals surface area contributed by atoms with Crippen LogP contribution in [0.5, 0.6) is 5.75 Å². The molecule has 1 amide bonds. The lowest BCUT2D eigenvalue weighted by Gasteiger charge is -2.34. The lowest BCUT2D eigenvalue weighted by Crippen LogP contribution is -2.55. The molecule has 0 bridgehead atoms. The van der Waals surface area contributed by atoms with Gasteiger partial charge in [-0.15, -0.1) is 0 Å². The summed E-state index contributed by atoms with van der Waals surface area (Å²) in [5.74, 6) is 1.50. The summed E-state index contributed by atoms with van der Waals surface area (Å²) in [4.78, 5) is 19.5. The first-order chi connectivity index (χ1) is 14.1. The van der Waals surface area contributed by atoms with Gasteiger partial charge >= 0.3 is 0 Å². The van der Waals surface area contributed by atoms with Gasteiger partial charge in [-0.25, -0.2) is 0 Å². The molecule has 5 heteroatoms. The van der Waals surface area contributed by atoms with Crippen LogP contribution in [0.4, 0.5) is 5.69 Å². The van der Waals surface area contributed by atoms with Crippen molar-refractivity contribution in [3.63, 3.8) is 0 Å². The standard InChI is InChI=1S/C24H27N3O2/c1-15(2)11-13-27-21-7-5-4-6-19(21)24(23(27)28)22-17(10-12-25-24)18-14-16(29-3)8-9-20(18)26-22/h4-9,14-15,25-26H,10-13H2,1-3H3. The molecule has 0 saturated carbocycles. The molecule has 150 valence electrons. The first-order valence-electron chi connectivity index (χ1n) is 10.4. The number of hydrogen-bond donors (Lipinski definition) is 2. The van der Waals surface area contributed by atoms with E-state index in [9.17, 15) is 4.79 Å². The monoisotopic (exact) mass is 389 g/mol. The average molecular weight is 389 g/mol. The van der Waals surface area contributed by atoms with Crippen molar-refractivity contribution in [1.29, 1.82) is 0 Å². The number of benzene rings is 2. The molecule has 2 aliphatic heterocycles. The van der Waals surface area contributed by atoms with Crippen LogP contribution in [0.2, 0.25) is 0 Å². The fourth-order valence-electron chi connectivity index (χ4n) is 4.87. The van der Waals surface area contributed by atoms with Gasteiger partial charge in [-0.1, -0.05) is 32.0 Å². The molecule has 2 aromatic carbocycles. The summed E-state index contributed by atoms with van der Waals surface area (Å²) in [5.41, 5.74) is 4.48. The summed E-state index contributed by atoms with van der Waals surface area (Å²) in [6, 6.07) is 14.3. The van der Waals surface area contributed by atoms with Crippen molar-refractivity contribution in [2.24, 2.45) is 5.92 Å². The number of carbonyl (C=O) groups excluding carboxylic acids is 1. The maximum Gasteiger partial charge on any atom is 0.258 e. The summed E-state index contributed by atoms with van der Waals surface area (Å²) in [6.45, 7) is 5.89. The molecule has 0 fully saturated rings. The number of para-hydroxylation sites is 1. The molecule has 1 atom stereocenters. The highest BCUT2D eigenvalue weighted by Crippen LogP contribution is 2.48. The molecule has 3 aromatic rings. The Hall–Kier alpha value is -2.79. The third-order valence-corrected chi connectivity index (χ3v) is 6.35. The van der Waals surface area contributed by atoms with Gasteiger partial charge in [0, 0.05) is 35.2 Å².